The number of piperazine rings is 1. The zero-order chi connectivity index (χ0) is 19.0. The Hall–Kier alpha value is -2.58. The minimum absolute atomic E-state index is 0.112. The summed E-state index contributed by atoms with van der Waals surface area (Å²) in [6.07, 6.45) is 1.54. The second-order valence-electron chi connectivity index (χ2n) is 6.51. The summed E-state index contributed by atoms with van der Waals surface area (Å²) in [5.74, 6) is 0.377. The van der Waals surface area contributed by atoms with Crippen LogP contribution in [-0.4, -0.2) is 48.9 Å². The summed E-state index contributed by atoms with van der Waals surface area (Å²) < 4.78 is 40.1. The highest BCUT2D eigenvalue weighted by Gasteiger charge is 2.29. The lowest BCUT2D eigenvalue weighted by atomic mass is 10.1. The van der Waals surface area contributed by atoms with Crippen LogP contribution in [0.5, 0.6) is 0 Å². The van der Waals surface area contributed by atoms with E-state index in [-0.39, 0.29) is 4.90 Å². The molecule has 1 fully saturated rings. The van der Waals surface area contributed by atoms with Crippen molar-refractivity contribution in [2.24, 2.45) is 0 Å². The van der Waals surface area contributed by atoms with E-state index in [1.807, 2.05) is 25.1 Å². The molecule has 1 aliphatic heterocycles. The zero-order valence-corrected chi connectivity index (χ0v) is 15.7. The van der Waals surface area contributed by atoms with Gasteiger partial charge >= 0.3 is 0 Å². The average molecular weight is 386 g/mol. The summed E-state index contributed by atoms with van der Waals surface area (Å²) in [6.45, 7) is 3.76. The Morgan fingerprint density at radius 3 is 2.37 bits per heavy atom. The Kier molecular flexibility index (Phi) is 4.53. The molecule has 6 nitrogen and oxygen atoms in total. The number of benzene rings is 2. The highest BCUT2D eigenvalue weighted by Crippen LogP contribution is 2.27. The first-order valence-corrected chi connectivity index (χ1v) is 10.1. The second kappa shape index (κ2) is 6.86. The first-order valence-electron chi connectivity index (χ1n) is 8.68. The van der Waals surface area contributed by atoms with E-state index in [9.17, 15) is 12.8 Å². The van der Waals surface area contributed by atoms with Crippen LogP contribution >= 0.6 is 0 Å². The third-order valence-electron chi connectivity index (χ3n) is 4.84. The van der Waals surface area contributed by atoms with Crippen LogP contribution in [0.1, 0.15) is 5.56 Å². The van der Waals surface area contributed by atoms with Gasteiger partial charge in [-0.25, -0.2) is 22.8 Å². The van der Waals surface area contributed by atoms with E-state index in [4.69, 9.17) is 0 Å². The van der Waals surface area contributed by atoms with E-state index in [1.54, 1.807) is 6.33 Å². The number of rotatable bonds is 3. The van der Waals surface area contributed by atoms with Gasteiger partial charge in [-0.1, -0.05) is 12.1 Å². The van der Waals surface area contributed by atoms with Crippen molar-refractivity contribution in [1.82, 2.24) is 14.3 Å². The van der Waals surface area contributed by atoms with E-state index in [1.165, 1.54) is 28.6 Å². The quantitative estimate of drug-likeness (QED) is 0.692. The molecule has 0 aliphatic carbocycles. The predicted octanol–water partition coefficient (Wildman–Crippen LogP) is 2.59. The fourth-order valence-corrected chi connectivity index (χ4v) is 4.82. The molecule has 0 bridgehead atoms. The molecule has 27 heavy (non-hydrogen) atoms. The minimum atomic E-state index is -3.63. The number of hydrogen-bond donors (Lipinski definition) is 0. The van der Waals surface area contributed by atoms with Crippen molar-refractivity contribution < 1.29 is 12.8 Å². The number of anilines is 1. The van der Waals surface area contributed by atoms with Crippen LogP contribution in [0.25, 0.3) is 10.9 Å². The van der Waals surface area contributed by atoms with Gasteiger partial charge < -0.3 is 4.90 Å². The molecule has 1 saturated heterocycles. The van der Waals surface area contributed by atoms with Crippen LogP contribution < -0.4 is 4.90 Å². The monoisotopic (exact) mass is 386 g/mol. The summed E-state index contributed by atoms with van der Waals surface area (Å²) in [5, 5.41) is 0.995. The topological polar surface area (TPSA) is 66.4 Å². The molecule has 0 atom stereocenters. The largest absolute Gasteiger partial charge is 0.353 e. The molecule has 1 aliphatic rings. The number of sulfonamides is 1. The lowest BCUT2D eigenvalue weighted by Crippen LogP contribution is -2.49. The number of fused-ring (bicyclic) bond motifs is 1. The molecule has 0 radical (unpaired) electrons. The third-order valence-corrected chi connectivity index (χ3v) is 6.75. The predicted molar refractivity (Wildman–Crippen MR) is 102 cm³/mol. The summed E-state index contributed by atoms with van der Waals surface area (Å²) in [4.78, 5) is 11.0. The van der Waals surface area contributed by atoms with Gasteiger partial charge in [-0.15, -0.1) is 0 Å². The van der Waals surface area contributed by atoms with Gasteiger partial charge in [0, 0.05) is 31.6 Å². The Morgan fingerprint density at radius 1 is 0.963 bits per heavy atom. The van der Waals surface area contributed by atoms with Gasteiger partial charge in [0.15, 0.2) is 0 Å². The van der Waals surface area contributed by atoms with E-state index >= 15 is 0 Å². The summed E-state index contributed by atoms with van der Waals surface area (Å²) in [7, 11) is -3.63. The molecule has 2 heterocycles. The Bertz CT molecular complexity index is 1070. The number of aromatic nitrogens is 2. The van der Waals surface area contributed by atoms with Crippen molar-refractivity contribution in [2.75, 3.05) is 31.1 Å². The number of hydrogen-bond acceptors (Lipinski definition) is 5. The molecule has 0 amide bonds. The van der Waals surface area contributed by atoms with E-state index in [0.717, 1.165) is 22.3 Å². The highest BCUT2D eigenvalue weighted by molar-refractivity contribution is 7.89. The van der Waals surface area contributed by atoms with Crippen molar-refractivity contribution in [3.8, 4) is 0 Å². The molecule has 0 unspecified atom stereocenters. The zero-order valence-electron chi connectivity index (χ0n) is 14.8. The van der Waals surface area contributed by atoms with Gasteiger partial charge in [0.2, 0.25) is 10.0 Å². The standard InChI is InChI=1S/C19H19FN4O2S/c1-14-3-2-4-17-18(14)19(22-13-21-17)23-9-11-24(12-10-23)27(25,26)16-7-5-15(20)6-8-16/h2-8,13H,9-12H2,1H3. The van der Waals surface area contributed by atoms with Crippen LogP contribution in [0.2, 0.25) is 0 Å². The molecule has 4 rings (SSSR count). The van der Waals surface area contributed by atoms with Crippen LogP contribution in [-0.2, 0) is 10.0 Å². The SMILES string of the molecule is Cc1cccc2ncnc(N3CCN(S(=O)(=O)c4ccc(F)cc4)CC3)c12. The molecular formula is C19H19FN4O2S. The van der Waals surface area contributed by atoms with Crippen molar-refractivity contribution in [3.05, 3.63) is 60.2 Å². The number of aryl methyl sites for hydroxylation is 1. The van der Waals surface area contributed by atoms with Gasteiger partial charge in [-0.2, -0.15) is 4.31 Å². The van der Waals surface area contributed by atoms with Crippen LogP contribution in [0.3, 0.4) is 0 Å². The third kappa shape index (κ3) is 3.26. The van der Waals surface area contributed by atoms with Crippen molar-refractivity contribution in [1.29, 1.82) is 0 Å². The van der Waals surface area contributed by atoms with Gasteiger partial charge in [0.1, 0.15) is 18.0 Å². The summed E-state index contributed by atoms with van der Waals surface area (Å²) in [6, 6.07) is 10.9. The maximum Gasteiger partial charge on any atom is 0.243 e. The molecule has 140 valence electrons. The Balaban J connectivity index is 1.57. The summed E-state index contributed by atoms with van der Waals surface area (Å²) in [5.41, 5.74) is 1.96. The molecule has 2 aromatic carbocycles. The molecule has 1 aromatic heterocycles. The molecule has 0 N–H and O–H groups in total. The first-order chi connectivity index (χ1) is 13.0. The van der Waals surface area contributed by atoms with Crippen molar-refractivity contribution in [3.63, 3.8) is 0 Å². The van der Waals surface area contributed by atoms with E-state index in [0.29, 0.717) is 26.2 Å². The normalized spacial score (nSPS) is 16.0. The summed E-state index contributed by atoms with van der Waals surface area (Å²) >= 11 is 0. The molecule has 3 aromatic rings. The Morgan fingerprint density at radius 2 is 1.67 bits per heavy atom. The van der Waals surface area contributed by atoms with Crippen molar-refractivity contribution >= 4 is 26.7 Å². The van der Waals surface area contributed by atoms with Crippen LogP contribution in [0.15, 0.2) is 53.7 Å². The minimum Gasteiger partial charge on any atom is -0.353 e. The lowest BCUT2D eigenvalue weighted by Gasteiger charge is -2.35. The Labute approximate surface area is 157 Å². The first kappa shape index (κ1) is 17.8. The lowest BCUT2D eigenvalue weighted by molar-refractivity contribution is 0.384. The van der Waals surface area contributed by atoms with Gasteiger partial charge in [-0.05, 0) is 42.8 Å². The maximum absolute atomic E-state index is 13.1. The van der Waals surface area contributed by atoms with Crippen molar-refractivity contribution in [2.45, 2.75) is 11.8 Å². The fourth-order valence-electron chi connectivity index (χ4n) is 3.40. The van der Waals surface area contributed by atoms with Crippen LogP contribution in [0, 0.1) is 12.7 Å². The number of nitrogens with zero attached hydrogens (tertiary/aromatic N) is 4. The average Bonchev–Trinajstić information content (AvgIpc) is 2.68. The van der Waals surface area contributed by atoms with Gasteiger partial charge in [0.25, 0.3) is 0 Å². The fraction of sp³-hybridized carbons (Fsp3) is 0.263. The molecule has 8 heteroatoms. The van der Waals surface area contributed by atoms with Gasteiger partial charge in [-0.3, -0.25) is 0 Å². The second-order valence-corrected chi connectivity index (χ2v) is 8.45. The molecule has 0 spiro atoms. The highest BCUT2D eigenvalue weighted by atomic mass is 32.2. The number of halogens is 1. The maximum atomic E-state index is 13.1. The van der Waals surface area contributed by atoms with E-state index < -0.39 is 15.8 Å². The van der Waals surface area contributed by atoms with Gasteiger partial charge in [0.05, 0.1) is 10.4 Å². The smallest absolute Gasteiger partial charge is 0.243 e. The van der Waals surface area contributed by atoms with E-state index in [2.05, 4.69) is 14.9 Å². The molecular weight excluding hydrogens is 367 g/mol. The molecule has 0 saturated carbocycles. The van der Waals surface area contributed by atoms with Crippen LogP contribution in [0.4, 0.5) is 10.2 Å².